The van der Waals surface area contributed by atoms with Gasteiger partial charge in [0.1, 0.15) is 0 Å². The van der Waals surface area contributed by atoms with Gasteiger partial charge in [-0.2, -0.15) is 0 Å². The standard InChI is InChI=1S/C66H52N2/c1-65(2)59-30-16-14-26-55(59)57-28-18-32-61(63(57)65)67(51-22-10-6-11-23-51)53-38-34-46(35-39-53)49-42-48(45-20-8-5-9-21-45)43-50(44-49)47-36-40-54(41-37-47)68(52-24-12-7-13-25-52)62-33-19-29-58-56-27-15-17-31-60(56)66(3,4)64(58)62/h5-44H,1-4H3. The molecular weight excluding hydrogens is 821 g/mol. The number of hydrogen-bond acceptors (Lipinski definition) is 2. The Hall–Kier alpha value is -8.20. The Kier molecular flexibility index (Phi) is 9.88. The Bertz CT molecular complexity index is 3270. The Morgan fingerprint density at radius 2 is 0.559 bits per heavy atom. The molecule has 0 spiro atoms. The number of rotatable bonds is 9. The van der Waals surface area contributed by atoms with Crippen LogP contribution in [0.25, 0.3) is 55.6 Å². The van der Waals surface area contributed by atoms with Crippen molar-refractivity contribution in [1.82, 2.24) is 0 Å². The van der Waals surface area contributed by atoms with Crippen LogP contribution in [0.4, 0.5) is 34.1 Å². The lowest BCUT2D eigenvalue weighted by atomic mass is 9.81. The summed E-state index contributed by atoms with van der Waals surface area (Å²) in [5, 5.41) is 0. The van der Waals surface area contributed by atoms with Gasteiger partial charge in [-0.05, 0) is 157 Å². The van der Waals surface area contributed by atoms with Gasteiger partial charge in [0.2, 0.25) is 0 Å². The van der Waals surface area contributed by atoms with E-state index in [1.54, 1.807) is 0 Å². The van der Waals surface area contributed by atoms with E-state index in [1.165, 1.54) is 89.3 Å². The van der Waals surface area contributed by atoms with Crippen molar-refractivity contribution in [2.75, 3.05) is 9.80 Å². The van der Waals surface area contributed by atoms with E-state index >= 15 is 0 Å². The van der Waals surface area contributed by atoms with E-state index in [4.69, 9.17) is 0 Å². The normalized spacial score (nSPS) is 13.5. The quantitative estimate of drug-likeness (QED) is 0.143. The van der Waals surface area contributed by atoms with Crippen molar-refractivity contribution < 1.29 is 0 Å². The zero-order valence-electron chi connectivity index (χ0n) is 39.0. The van der Waals surface area contributed by atoms with Crippen molar-refractivity contribution in [3.05, 3.63) is 265 Å². The molecule has 0 aromatic heterocycles. The second kappa shape index (κ2) is 16.3. The molecule has 10 aromatic carbocycles. The third-order valence-electron chi connectivity index (χ3n) is 14.6. The van der Waals surface area contributed by atoms with Crippen LogP contribution in [0, 0.1) is 0 Å². The maximum Gasteiger partial charge on any atom is 0.0508 e. The maximum absolute atomic E-state index is 2.44. The van der Waals surface area contributed by atoms with Crippen LogP contribution in [0.3, 0.4) is 0 Å². The van der Waals surface area contributed by atoms with Crippen LogP contribution >= 0.6 is 0 Å². The van der Waals surface area contributed by atoms with Crippen LogP contribution in [0.5, 0.6) is 0 Å². The van der Waals surface area contributed by atoms with Crippen LogP contribution in [0.15, 0.2) is 243 Å². The third-order valence-corrected chi connectivity index (χ3v) is 14.6. The highest BCUT2D eigenvalue weighted by Gasteiger charge is 2.40. The second-order valence-corrected chi connectivity index (χ2v) is 19.3. The molecule has 326 valence electrons. The molecule has 0 unspecified atom stereocenters. The molecule has 10 aromatic rings. The lowest BCUT2D eigenvalue weighted by Gasteiger charge is -2.32. The van der Waals surface area contributed by atoms with E-state index in [0.29, 0.717) is 0 Å². The molecule has 2 aliphatic rings. The van der Waals surface area contributed by atoms with Gasteiger partial charge < -0.3 is 9.80 Å². The lowest BCUT2D eigenvalue weighted by Crippen LogP contribution is -2.20. The van der Waals surface area contributed by atoms with E-state index in [2.05, 4.69) is 280 Å². The molecule has 0 atom stereocenters. The largest absolute Gasteiger partial charge is 0.310 e. The van der Waals surface area contributed by atoms with Gasteiger partial charge in [-0.3, -0.25) is 0 Å². The van der Waals surface area contributed by atoms with Gasteiger partial charge in [0.25, 0.3) is 0 Å². The molecule has 2 nitrogen and oxygen atoms in total. The highest BCUT2D eigenvalue weighted by molar-refractivity contribution is 5.93. The van der Waals surface area contributed by atoms with Crippen molar-refractivity contribution >= 4 is 34.1 Å². The van der Waals surface area contributed by atoms with E-state index in [1.807, 2.05) is 0 Å². The van der Waals surface area contributed by atoms with Crippen LogP contribution in [-0.2, 0) is 10.8 Å². The minimum absolute atomic E-state index is 0.160. The monoisotopic (exact) mass is 872 g/mol. The second-order valence-electron chi connectivity index (χ2n) is 19.3. The zero-order valence-corrected chi connectivity index (χ0v) is 39.0. The van der Waals surface area contributed by atoms with Gasteiger partial charge in [-0.25, -0.2) is 0 Å². The van der Waals surface area contributed by atoms with E-state index in [0.717, 1.165) is 22.7 Å². The van der Waals surface area contributed by atoms with E-state index < -0.39 is 0 Å². The number of hydrogen-bond donors (Lipinski definition) is 0. The van der Waals surface area contributed by atoms with E-state index in [-0.39, 0.29) is 10.8 Å². The molecule has 0 heterocycles. The average molecular weight is 873 g/mol. The smallest absolute Gasteiger partial charge is 0.0508 e. The lowest BCUT2D eigenvalue weighted by molar-refractivity contribution is 0.660. The molecule has 2 aliphatic carbocycles. The Morgan fingerprint density at radius 1 is 0.250 bits per heavy atom. The molecule has 12 rings (SSSR count). The first kappa shape index (κ1) is 41.2. The minimum Gasteiger partial charge on any atom is -0.310 e. The van der Waals surface area contributed by atoms with Crippen LogP contribution in [0.1, 0.15) is 49.9 Å². The van der Waals surface area contributed by atoms with Crippen molar-refractivity contribution in [2.45, 2.75) is 38.5 Å². The Morgan fingerprint density at radius 3 is 0.956 bits per heavy atom. The summed E-state index contributed by atoms with van der Waals surface area (Å²) >= 11 is 0. The summed E-state index contributed by atoms with van der Waals surface area (Å²) in [4.78, 5) is 4.87. The summed E-state index contributed by atoms with van der Waals surface area (Å²) in [6, 6.07) is 89.1. The highest BCUT2D eigenvalue weighted by Crippen LogP contribution is 2.56. The summed E-state index contributed by atoms with van der Waals surface area (Å²) in [5.41, 5.74) is 24.4. The maximum atomic E-state index is 2.44. The topological polar surface area (TPSA) is 6.48 Å². The molecule has 0 bridgehead atoms. The zero-order chi connectivity index (χ0) is 46.0. The molecule has 0 radical (unpaired) electrons. The van der Waals surface area contributed by atoms with Gasteiger partial charge in [0, 0.05) is 33.6 Å². The number of fused-ring (bicyclic) bond motifs is 6. The van der Waals surface area contributed by atoms with Crippen LogP contribution in [0.2, 0.25) is 0 Å². The van der Waals surface area contributed by atoms with Gasteiger partial charge in [0.15, 0.2) is 0 Å². The SMILES string of the molecule is CC1(C)c2ccccc2-c2cccc(N(c3ccccc3)c3ccc(-c4cc(-c5ccccc5)cc(-c5ccc(N(c6ccccc6)c6cccc7c6C(C)(C)c6ccccc6-7)cc5)c4)cc3)c21. The summed E-state index contributed by atoms with van der Waals surface area (Å²) in [5.74, 6) is 0. The Labute approximate surface area is 401 Å². The molecule has 2 heteroatoms. The minimum atomic E-state index is -0.160. The molecule has 0 saturated carbocycles. The molecule has 68 heavy (non-hydrogen) atoms. The van der Waals surface area contributed by atoms with Crippen molar-refractivity contribution in [3.8, 4) is 55.6 Å². The first-order chi connectivity index (χ1) is 33.3. The summed E-state index contributed by atoms with van der Waals surface area (Å²) in [6.07, 6.45) is 0. The van der Waals surface area contributed by atoms with Gasteiger partial charge in [-0.1, -0.05) is 191 Å². The van der Waals surface area contributed by atoms with Crippen molar-refractivity contribution in [2.24, 2.45) is 0 Å². The predicted octanol–water partition coefficient (Wildman–Crippen LogP) is 18.2. The molecule has 0 fully saturated rings. The van der Waals surface area contributed by atoms with Gasteiger partial charge in [-0.15, -0.1) is 0 Å². The number of nitrogens with zero attached hydrogens (tertiary/aromatic N) is 2. The number of anilines is 6. The fraction of sp³-hybridized carbons (Fsp3) is 0.0909. The van der Waals surface area contributed by atoms with Crippen LogP contribution in [-0.4, -0.2) is 0 Å². The molecular formula is C66H52N2. The van der Waals surface area contributed by atoms with Gasteiger partial charge >= 0.3 is 0 Å². The van der Waals surface area contributed by atoms with Crippen molar-refractivity contribution in [3.63, 3.8) is 0 Å². The third kappa shape index (κ3) is 6.78. The summed E-state index contributed by atoms with van der Waals surface area (Å²) in [7, 11) is 0. The predicted molar refractivity (Wildman–Crippen MR) is 287 cm³/mol. The first-order valence-electron chi connectivity index (χ1n) is 23.8. The average Bonchev–Trinajstić information content (AvgIpc) is 3.78. The summed E-state index contributed by atoms with van der Waals surface area (Å²) < 4.78 is 0. The van der Waals surface area contributed by atoms with E-state index in [9.17, 15) is 0 Å². The fourth-order valence-electron chi connectivity index (χ4n) is 11.4. The molecule has 0 amide bonds. The molecule has 0 aliphatic heterocycles. The first-order valence-corrected chi connectivity index (χ1v) is 23.8. The van der Waals surface area contributed by atoms with Crippen molar-refractivity contribution in [1.29, 1.82) is 0 Å². The highest BCUT2D eigenvalue weighted by atomic mass is 15.2. The van der Waals surface area contributed by atoms with Crippen LogP contribution < -0.4 is 9.80 Å². The fourth-order valence-corrected chi connectivity index (χ4v) is 11.4. The van der Waals surface area contributed by atoms with Gasteiger partial charge in [0.05, 0.1) is 11.4 Å². The summed E-state index contributed by atoms with van der Waals surface area (Å²) in [6.45, 7) is 9.47. The number of para-hydroxylation sites is 2. The molecule has 0 N–H and O–H groups in total. The number of benzene rings is 10. The Balaban J connectivity index is 0.940. The molecule has 0 saturated heterocycles.